The number of para-hydroxylation sites is 4. The van der Waals surface area contributed by atoms with Gasteiger partial charge in [-0.05, 0) is 48.5 Å². The summed E-state index contributed by atoms with van der Waals surface area (Å²) in [5.41, 5.74) is 4.47. The lowest BCUT2D eigenvalue weighted by Crippen LogP contribution is -2.44. The van der Waals surface area contributed by atoms with Crippen molar-refractivity contribution in [2.24, 2.45) is 0 Å². The Morgan fingerprint density at radius 3 is 0.821 bits per heavy atom. The van der Waals surface area contributed by atoms with Crippen molar-refractivity contribution in [1.82, 2.24) is 0 Å². The van der Waals surface area contributed by atoms with Crippen molar-refractivity contribution in [1.29, 1.82) is 0 Å². The largest absolute Gasteiger partial charge is 0.465 e. The lowest BCUT2D eigenvalue weighted by Gasteiger charge is -2.36. The van der Waals surface area contributed by atoms with Gasteiger partial charge in [0.1, 0.15) is 0 Å². The van der Waals surface area contributed by atoms with E-state index >= 15 is 0 Å². The van der Waals surface area contributed by atoms with Gasteiger partial charge in [-0.3, -0.25) is 0 Å². The smallest absolute Gasteiger partial charge is 0.356 e. The van der Waals surface area contributed by atoms with E-state index in [0.29, 0.717) is 0 Å². The van der Waals surface area contributed by atoms with Crippen LogP contribution in [0.3, 0.4) is 0 Å². The van der Waals surface area contributed by atoms with Gasteiger partial charge in [-0.2, -0.15) is 0 Å². The van der Waals surface area contributed by atoms with Gasteiger partial charge in [-0.25, -0.2) is 0 Å². The summed E-state index contributed by atoms with van der Waals surface area (Å²) in [5, 5.41) is 0. The van der Waals surface area contributed by atoms with E-state index in [4.69, 9.17) is 0 Å². The normalized spacial score (nSPS) is 10.3. The van der Waals surface area contributed by atoms with Gasteiger partial charge < -0.3 is 9.62 Å². The fourth-order valence-electron chi connectivity index (χ4n) is 3.26. The topological polar surface area (TPSA) is 6.48 Å². The summed E-state index contributed by atoms with van der Waals surface area (Å²) in [6.45, 7) is 0. The first-order valence-electron chi connectivity index (χ1n) is 9.27. The van der Waals surface area contributed by atoms with Gasteiger partial charge in [-0.15, -0.1) is 0 Å². The van der Waals surface area contributed by atoms with Gasteiger partial charge in [0, 0.05) is 22.7 Å². The zero-order valence-corrected chi connectivity index (χ0v) is 17.0. The highest BCUT2D eigenvalue weighted by Gasteiger charge is 2.32. The van der Waals surface area contributed by atoms with E-state index in [1.807, 2.05) is 24.3 Å². The Morgan fingerprint density at radius 2 is 0.607 bits per heavy atom. The SMILES string of the molecule is BrB(N(c1ccccc1)c1ccccc1)N(c1ccccc1)c1ccccc1. The number of rotatable bonds is 6. The number of hydrogen-bond donors (Lipinski definition) is 0. The molecule has 0 saturated carbocycles. The quantitative estimate of drug-likeness (QED) is 0.305. The van der Waals surface area contributed by atoms with E-state index in [1.165, 1.54) is 0 Å². The van der Waals surface area contributed by atoms with Crippen LogP contribution in [0.25, 0.3) is 0 Å². The highest BCUT2D eigenvalue weighted by Crippen LogP contribution is 2.35. The highest BCUT2D eigenvalue weighted by atomic mass is 79.9. The fraction of sp³-hybridized carbons (Fsp3) is 0. The Kier molecular flexibility index (Phi) is 5.79. The highest BCUT2D eigenvalue weighted by molar-refractivity contribution is 9.24. The van der Waals surface area contributed by atoms with Crippen LogP contribution in [-0.2, 0) is 0 Å². The Labute approximate surface area is 175 Å². The minimum atomic E-state index is -0.123. The molecule has 4 heteroatoms. The maximum atomic E-state index is 4.01. The van der Waals surface area contributed by atoms with Gasteiger partial charge in [0.25, 0.3) is 0 Å². The van der Waals surface area contributed by atoms with Crippen molar-refractivity contribution in [3.8, 4) is 0 Å². The van der Waals surface area contributed by atoms with Gasteiger partial charge in [0.15, 0.2) is 0 Å². The zero-order valence-electron chi connectivity index (χ0n) is 15.4. The minimum absolute atomic E-state index is 0.123. The third-order valence-corrected chi connectivity index (χ3v) is 5.38. The van der Waals surface area contributed by atoms with Crippen LogP contribution in [0.1, 0.15) is 0 Å². The molecule has 4 aromatic carbocycles. The van der Waals surface area contributed by atoms with Gasteiger partial charge in [-0.1, -0.05) is 88.6 Å². The van der Waals surface area contributed by atoms with E-state index in [9.17, 15) is 0 Å². The summed E-state index contributed by atoms with van der Waals surface area (Å²) in [6, 6.07) is 41.8. The van der Waals surface area contributed by atoms with Crippen LogP contribution >= 0.6 is 15.8 Å². The molecule has 0 atom stereocenters. The Hall–Kier alpha value is -2.98. The van der Waals surface area contributed by atoms with Crippen LogP contribution in [0, 0.1) is 0 Å². The van der Waals surface area contributed by atoms with Gasteiger partial charge >= 0.3 is 5.81 Å². The number of hydrogen-bond acceptors (Lipinski definition) is 2. The van der Waals surface area contributed by atoms with Crippen LogP contribution in [0.5, 0.6) is 0 Å². The second kappa shape index (κ2) is 8.81. The molecular formula is C24H20BBrN2. The van der Waals surface area contributed by atoms with Crippen LogP contribution in [0.2, 0.25) is 0 Å². The molecule has 0 radical (unpaired) electrons. The molecular weight excluding hydrogens is 407 g/mol. The monoisotopic (exact) mass is 426 g/mol. The molecule has 4 rings (SSSR count). The molecule has 4 aromatic rings. The average molecular weight is 427 g/mol. The average Bonchev–Trinajstić information content (AvgIpc) is 2.77. The first kappa shape index (κ1) is 18.4. The fourth-order valence-corrected chi connectivity index (χ4v) is 4.21. The minimum Gasteiger partial charge on any atom is -0.356 e. The molecule has 28 heavy (non-hydrogen) atoms. The molecule has 2 nitrogen and oxygen atoms in total. The van der Waals surface area contributed by atoms with Crippen LogP contribution in [0.15, 0.2) is 121 Å². The molecule has 0 aromatic heterocycles. The molecule has 0 amide bonds. The van der Waals surface area contributed by atoms with E-state index in [1.54, 1.807) is 0 Å². The van der Waals surface area contributed by atoms with E-state index < -0.39 is 0 Å². The Morgan fingerprint density at radius 1 is 0.393 bits per heavy atom. The first-order valence-corrected chi connectivity index (χ1v) is 10.2. The van der Waals surface area contributed by atoms with Crippen molar-refractivity contribution in [2.45, 2.75) is 0 Å². The maximum absolute atomic E-state index is 4.01. The van der Waals surface area contributed by atoms with Crippen LogP contribution in [-0.4, -0.2) is 5.81 Å². The predicted molar refractivity (Wildman–Crippen MR) is 125 cm³/mol. The molecule has 0 N–H and O–H groups in total. The summed E-state index contributed by atoms with van der Waals surface area (Å²) in [6.07, 6.45) is 0. The molecule has 0 bridgehead atoms. The summed E-state index contributed by atoms with van der Waals surface area (Å²) in [4.78, 5) is 4.58. The molecule has 0 fully saturated rings. The van der Waals surface area contributed by atoms with Crippen molar-refractivity contribution in [2.75, 3.05) is 9.62 Å². The summed E-state index contributed by atoms with van der Waals surface area (Å²) < 4.78 is 0. The third-order valence-electron chi connectivity index (χ3n) is 4.56. The predicted octanol–water partition coefficient (Wildman–Crippen LogP) is 7.04. The summed E-state index contributed by atoms with van der Waals surface area (Å²) >= 11 is 4.01. The zero-order chi connectivity index (χ0) is 19.2. The number of benzene rings is 4. The lowest BCUT2D eigenvalue weighted by atomic mass is 9.96. The molecule has 0 spiro atoms. The first-order chi connectivity index (χ1) is 13.8. The molecule has 0 heterocycles. The maximum Gasteiger partial charge on any atom is 0.465 e. The van der Waals surface area contributed by atoms with Crippen LogP contribution < -0.4 is 9.62 Å². The second-order valence-corrected chi connectivity index (χ2v) is 7.21. The third kappa shape index (κ3) is 3.97. The molecule has 0 saturated heterocycles. The standard InChI is InChI=1S/C24H20BBrN2/c26-25(27(21-13-5-1-6-14-21)22-15-7-2-8-16-22)28(23-17-9-3-10-18-23)24-19-11-4-12-20-24/h1-20H. The van der Waals surface area contributed by atoms with E-state index in [2.05, 4.69) is 122 Å². The Bertz CT molecular complexity index is 820. The van der Waals surface area contributed by atoms with Gasteiger partial charge in [0.2, 0.25) is 0 Å². The van der Waals surface area contributed by atoms with E-state index in [-0.39, 0.29) is 5.81 Å². The van der Waals surface area contributed by atoms with Crippen molar-refractivity contribution in [3.05, 3.63) is 121 Å². The number of nitrogens with zero attached hydrogens (tertiary/aromatic N) is 2. The number of halogens is 1. The van der Waals surface area contributed by atoms with E-state index in [0.717, 1.165) is 22.7 Å². The molecule has 136 valence electrons. The number of anilines is 4. The second-order valence-electron chi connectivity index (χ2n) is 6.39. The Balaban J connectivity index is 1.84. The lowest BCUT2D eigenvalue weighted by molar-refractivity contribution is 1.31. The van der Waals surface area contributed by atoms with Crippen molar-refractivity contribution in [3.63, 3.8) is 0 Å². The summed E-state index contributed by atoms with van der Waals surface area (Å²) in [5.74, 6) is -0.123. The molecule has 0 unspecified atom stereocenters. The molecule has 0 aliphatic heterocycles. The van der Waals surface area contributed by atoms with Crippen molar-refractivity contribution < 1.29 is 0 Å². The molecule has 0 aliphatic carbocycles. The molecule has 0 aliphatic rings. The summed E-state index contributed by atoms with van der Waals surface area (Å²) in [7, 11) is 0. The van der Waals surface area contributed by atoms with Crippen LogP contribution in [0.4, 0.5) is 22.7 Å². The van der Waals surface area contributed by atoms with Crippen molar-refractivity contribution >= 4 is 44.3 Å². The van der Waals surface area contributed by atoms with Gasteiger partial charge in [0.05, 0.1) is 0 Å².